The molecule has 2 N–H and O–H groups in total. The molecule has 0 aromatic carbocycles. The molecular formula is C14H23N5O2. The van der Waals surface area contributed by atoms with Gasteiger partial charge in [0.2, 0.25) is 11.8 Å². The Morgan fingerprint density at radius 1 is 1.38 bits per heavy atom. The Morgan fingerprint density at radius 3 is 2.81 bits per heavy atom. The van der Waals surface area contributed by atoms with Gasteiger partial charge in [0.1, 0.15) is 12.4 Å². The second-order valence-corrected chi connectivity index (χ2v) is 5.53. The number of nitrogens with two attached hydrogens (primary N) is 1. The van der Waals surface area contributed by atoms with E-state index in [0.29, 0.717) is 19.6 Å². The average Bonchev–Trinajstić information content (AvgIpc) is 2.78. The van der Waals surface area contributed by atoms with Crippen LogP contribution < -0.4 is 5.73 Å². The van der Waals surface area contributed by atoms with E-state index < -0.39 is 0 Å². The van der Waals surface area contributed by atoms with E-state index in [4.69, 9.17) is 5.73 Å². The monoisotopic (exact) mass is 293 g/mol. The van der Waals surface area contributed by atoms with Gasteiger partial charge in [-0.2, -0.15) is 0 Å². The van der Waals surface area contributed by atoms with Gasteiger partial charge in [-0.3, -0.25) is 9.59 Å². The highest BCUT2D eigenvalue weighted by molar-refractivity contribution is 5.80. The highest BCUT2D eigenvalue weighted by Crippen LogP contribution is 2.10. The van der Waals surface area contributed by atoms with Gasteiger partial charge in [0.15, 0.2) is 0 Å². The molecule has 1 aliphatic rings. The van der Waals surface area contributed by atoms with E-state index in [1.807, 2.05) is 29.6 Å². The van der Waals surface area contributed by atoms with Gasteiger partial charge < -0.3 is 20.1 Å². The predicted octanol–water partition coefficient (Wildman–Crippen LogP) is -0.679. The number of amides is 2. The van der Waals surface area contributed by atoms with E-state index in [1.165, 1.54) is 0 Å². The Hall–Kier alpha value is -1.89. The molecule has 0 saturated carbocycles. The summed E-state index contributed by atoms with van der Waals surface area (Å²) < 4.78 is 1.86. The number of aromatic nitrogens is 2. The minimum Gasteiger partial charge on any atom is -0.369 e. The first-order chi connectivity index (χ1) is 10.0. The van der Waals surface area contributed by atoms with Crippen molar-refractivity contribution in [3.05, 3.63) is 18.2 Å². The summed E-state index contributed by atoms with van der Waals surface area (Å²) in [5.41, 5.74) is 5.42. The third-order valence-corrected chi connectivity index (χ3v) is 3.90. The van der Waals surface area contributed by atoms with E-state index in [0.717, 1.165) is 18.8 Å². The van der Waals surface area contributed by atoms with Crippen LogP contribution in [0.1, 0.15) is 12.7 Å². The van der Waals surface area contributed by atoms with Crippen LogP contribution in [-0.2, 0) is 22.6 Å². The zero-order chi connectivity index (χ0) is 15.4. The summed E-state index contributed by atoms with van der Waals surface area (Å²) in [7, 11) is 1.94. The number of nitrogens with zero attached hydrogens (tertiary/aromatic N) is 4. The van der Waals surface area contributed by atoms with Crippen molar-refractivity contribution in [1.82, 2.24) is 19.4 Å². The molecule has 0 bridgehead atoms. The zero-order valence-electron chi connectivity index (χ0n) is 12.7. The third-order valence-electron chi connectivity index (χ3n) is 3.90. The molecule has 0 radical (unpaired) electrons. The first kappa shape index (κ1) is 15.5. The van der Waals surface area contributed by atoms with Crippen molar-refractivity contribution in [3.8, 4) is 0 Å². The van der Waals surface area contributed by atoms with Gasteiger partial charge in [0.05, 0.1) is 5.92 Å². The lowest BCUT2D eigenvalue weighted by molar-refractivity contribution is -0.133. The summed E-state index contributed by atoms with van der Waals surface area (Å²) in [6, 6.07) is 0. The summed E-state index contributed by atoms with van der Waals surface area (Å²) >= 11 is 0. The van der Waals surface area contributed by atoms with Gasteiger partial charge >= 0.3 is 0 Å². The van der Waals surface area contributed by atoms with E-state index in [-0.39, 0.29) is 24.3 Å². The molecule has 0 spiro atoms. The van der Waals surface area contributed by atoms with Crippen LogP contribution in [0.5, 0.6) is 0 Å². The lowest BCUT2D eigenvalue weighted by Gasteiger charge is -2.23. The molecule has 1 aromatic rings. The van der Waals surface area contributed by atoms with Crippen molar-refractivity contribution in [1.29, 1.82) is 0 Å². The third kappa shape index (κ3) is 3.81. The van der Waals surface area contributed by atoms with Crippen molar-refractivity contribution in [2.24, 2.45) is 11.7 Å². The number of rotatable bonds is 4. The van der Waals surface area contributed by atoms with Crippen molar-refractivity contribution >= 4 is 11.8 Å². The zero-order valence-corrected chi connectivity index (χ0v) is 12.7. The largest absolute Gasteiger partial charge is 0.369 e. The second-order valence-electron chi connectivity index (χ2n) is 5.53. The number of likely N-dealkylation sites (N-methyl/N-ethyl adjacent to an activating group) is 1. The van der Waals surface area contributed by atoms with Crippen molar-refractivity contribution in [2.45, 2.75) is 19.9 Å². The minimum atomic E-state index is -0.349. The number of carbonyl (C=O) groups is 2. The molecule has 0 aliphatic carbocycles. The molecule has 2 amide bonds. The van der Waals surface area contributed by atoms with E-state index >= 15 is 0 Å². The first-order valence-electron chi connectivity index (χ1n) is 7.27. The first-order valence-corrected chi connectivity index (χ1v) is 7.27. The highest BCUT2D eigenvalue weighted by atomic mass is 16.2. The lowest BCUT2D eigenvalue weighted by Crippen LogP contribution is -2.41. The lowest BCUT2D eigenvalue weighted by atomic mass is 10.1. The number of carbonyl (C=O) groups excluding carboxylic acids is 2. The van der Waals surface area contributed by atoms with E-state index in [9.17, 15) is 9.59 Å². The second kappa shape index (κ2) is 6.71. The Kier molecular flexibility index (Phi) is 4.95. The van der Waals surface area contributed by atoms with Crippen molar-refractivity contribution in [3.63, 3.8) is 0 Å². The molecule has 21 heavy (non-hydrogen) atoms. The summed E-state index contributed by atoms with van der Waals surface area (Å²) in [5, 5.41) is 0. The average molecular weight is 293 g/mol. The number of hydrogen-bond donors (Lipinski definition) is 1. The summed E-state index contributed by atoms with van der Waals surface area (Å²) in [6.07, 6.45) is 4.30. The Bertz CT molecular complexity index is 513. The fourth-order valence-electron chi connectivity index (χ4n) is 2.62. The maximum Gasteiger partial charge on any atom is 0.242 e. The van der Waals surface area contributed by atoms with Gasteiger partial charge in [-0.1, -0.05) is 6.92 Å². The minimum absolute atomic E-state index is 0.00394. The molecule has 1 fully saturated rings. The maximum atomic E-state index is 12.5. The fourth-order valence-corrected chi connectivity index (χ4v) is 2.62. The van der Waals surface area contributed by atoms with Crippen LogP contribution in [0.4, 0.5) is 0 Å². The molecule has 0 unspecified atom stereocenters. The Balaban J connectivity index is 2.05. The maximum absolute atomic E-state index is 12.5. The fraction of sp³-hybridized carbons (Fsp3) is 0.643. The molecule has 1 saturated heterocycles. The van der Waals surface area contributed by atoms with Crippen LogP contribution in [0.2, 0.25) is 0 Å². The van der Waals surface area contributed by atoms with Gasteiger partial charge in [-0.25, -0.2) is 4.98 Å². The van der Waals surface area contributed by atoms with Crippen LogP contribution in [0, 0.1) is 5.92 Å². The van der Waals surface area contributed by atoms with Gasteiger partial charge in [0.25, 0.3) is 0 Å². The van der Waals surface area contributed by atoms with Crippen LogP contribution in [0.15, 0.2) is 12.4 Å². The van der Waals surface area contributed by atoms with E-state index in [2.05, 4.69) is 4.98 Å². The van der Waals surface area contributed by atoms with Crippen LogP contribution >= 0.6 is 0 Å². The van der Waals surface area contributed by atoms with Gasteiger partial charge in [-0.05, 0) is 7.05 Å². The summed E-state index contributed by atoms with van der Waals surface area (Å²) in [4.78, 5) is 31.9. The molecule has 2 rings (SSSR count). The topological polar surface area (TPSA) is 84.5 Å². The standard InChI is InChI=1S/C14H23N5O2/c1-3-12-16-4-5-18(12)10-13(20)19-7-6-17(2)8-11(9-19)14(15)21/h4-5,11H,3,6-10H2,1-2H3,(H2,15,21)/t11-/m1/s1. The number of imidazole rings is 1. The van der Waals surface area contributed by atoms with Crippen LogP contribution in [0.25, 0.3) is 0 Å². The number of primary amides is 1. The van der Waals surface area contributed by atoms with Gasteiger partial charge in [0, 0.05) is 45.0 Å². The summed E-state index contributed by atoms with van der Waals surface area (Å²) in [5.74, 6) is 0.235. The van der Waals surface area contributed by atoms with Crippen molar-refractivity contribution < 1.29 is 9.59 Å². The number of aryl methyl sites for hydroxylation is 1. The normalized spacial score (nSPS) is 20.3. The molecule has 2 heterocycles. The Morgan fingerprint density at radius 2 is 2.14 bits per heavy atom. The van der Waals surface area contributed by atoms with Crippen LogP contribution in [-0.4, -0.2) is 64.4 Å². The predicted molar refractivity (Wildman–Crippen MR) is 78.4 cm³/mol. The highest BCUT2D eigenvalue weighted by Gasteiger charge is 2.27. The van der Waals surface area contributed by atoms with E-state index in [1.54, 1.807) is 11.1 Å². The number of hydrogen-bond acceptors (Lipinski definition) is 4. The molecule has 1 atom stereocenters. The Labute approximate surface area is 124 Å². The molecule has 1 aromatic heterocycles. The molecule has 7 nitrogen and oxygen atoms in total. The SMILES string of the molecule is CCc1nccn1CC(=O)N1CCN(C)C[C@@H](C(N)=O)C1. The van der Waals surface area contributed by atoms with Crippen LogP contribution in [0.3, 0.4) is 0 Å². The molecule has 1 aliphatic heterocycles. The van der Waals surface area contributed by atoms with Crippen molar-refractivity contribution in [2.75, 3.05) is 33.2 Å². The molecule has 7 heteroatoms. The molecular weight excluding hydrogens is 270 g/mol. The summed E-state index contributed by atoms with van der Waals surface area (Å²) in [6.45, 7) is 4.64. The quantitative estimate of drug-likeness (QED) is 0.797. The smallest absolute Gasteiger partial charge is 0.242 e. The van der Waals surface area contributed by atoms with Gasteiger partial charge in [-0.15, -0.1) is 0 Å². The molecule has 116 valence electrons.